The standard InChI is InChI=1S/C6H7ClN2O2/c1-8-3-5(7)2-6(4-8)9(10)11/h2-3H,4H2,1H3. The first-order chi connectivity index (χ1) is 5.09. The first-order valence-corrected chi connectivity index (χ1v) is 3.40. The zero-order valence-corrected chi connectivity index (χ0v) is 6.71. The normalized spacial score (nSPS) is 17.5. The van der Waals surface area contributed by atoms with Crippen molar-refractivity contribution >= 4 is 11.6 Å². The first kappa shape index (κ1) is 8.07. The van der Waals surface area contributed by atoms with Crippen molar-refractivity contribution in [3.8, 4) is 0 Å². The van der Waals surface area contributed by atoms with Crippen LogP contribution >= 0.6 is 11.6 Å². The minimum absolute atomic E-state index is 0.125. The summed E-state index contributed by atoms with van der Waals surface area (Å²) >= 11 is 5.59. The molecule has 0 amide bonds. The molecular formula is C6H7ClN2O2. The second-order valence-electron chi connectivity index (χ2n) is 2.32. The highest BCUT2D eigenvalue weighted by molar-refractivity contribution is 6.31. The Kier molecular flexibility index (Phi) is 2.14. The van der Waals surface area contributed by atoms with E-state index in [1.807, 2.05) is 0 Å². The molecule has 0 fully saturated rings. The van der Waals surface area contributed by atoms with Crippen molar-refractivity contribution in [3.63, 3.8) is 0 Å². The molecule has 0 unspecified atom stereocenters. The molecule has 11 heavy (non-hydrogen) atoms. The van der Waals surface area contributed by atoms with E-state index in [1.165, 1.54) is 6.08 Å². The van der Waals surface area contributed by atoms with Gasteiger partial charge in [0.2, 0.25) is 0 Å². The van der Waals surface area contributed by atoms with E-state index in [0.717, 1.165) is 0 Å². The minimum atomic E-state index is -0.425. The van der Waals surface area contributed by atoms with Gasteiger partial charge in [-0.25, -0.2) is 0 Å². The van der Waals surface area contributed by atoms with Crippen LogP contribution in [0.25, 0.3) is 0 Å². The van der Waals surface area contributed by atoms with E-state index < -0.39 is 4.92 Å². The predicted molar refractivity (Wildman–Crippen MR) is 41.6 cm³/mol. The second-order valence-corrected chi connectivity index (χ2v) is 2.76. The Morgan fingerprint density at radius 1 is 1.82 bits per heavy atom. The lowest BCUT2D eigenvalue weighted by atomic mass is 10.3. The average Bonchev–Trinajstić information content (AvgIpc) is 1.85. The fraction of sp³-hybridized carbons (Fsp3) is 0.333. The number of allylic oxidation sites excluding steroid dienone is 2. The fourth-order valence-electron chi connectivity index (χ4n) is 0.864. The summed E-state index contributed by atoms with van der Waals surface area (Å²) in [5.41, 5.74) is 0.125. The zero-order valence-electron chi connectivity index (χ0n) is 5.95. The number of halogens is 1. The number of nitro groups is 1. The van der Waals surface area contributed by atoms with Gasteiger partial charge < -0.3 is 4.90 Å². The largest absolute Gasteiger partial charge is 0.369 e. The summed E-state index contributed by atoms with van der Waals surface area (Å²) in [7, 11) is 1.74. The molecule has 0 bridgehead atoms. The second kappa shape index (κ2) is 2.92. The molecule has 1 aliphatic rings. The molecule has 1 rings (SSSR count). The van der Waals surface area contributed by atoms with Gasteiger partial charge >= 0.3 is 0 Å². The van der Waals surface area contributed by atoms with Crippen molar-refractivity contribution in [3.05, 3.63) is 33.1 Å². The van der Waals surface area contributed by atoms with E-state index in [2.05, 4.69) is 0 Å². The van der Waals surface area contributed by atoms with Crippen LogP contribution in [0.4, 0.5) is 0 Å². The summed E-state index contributed by atoms with van der Waals surface area (Å²) in [4.78, 5) is 11.5. The molecule has 0 atom stereocenters. The molecule has 60 valence electrons. The number of hydrogen-bond donors (Lipinski definition) is 0. The van der Waals surface area contributed by atoms with Crippen molar-refractivity contribution in [2.24, 2.45) is 0 Å². The highest BCUT2D eigenvalue weighted by Crippen LogP contribution is 2.15. The van der Waals surface area contributed by atoms with Crippen LogP contribution in [0.2, 0.25) is 0 Å². The van der Waals surface area contributed by atoms with Crippen LogP contribution in [0, 0.1) is 10.1 Å². The van der Waals surface area contributed by atoms with Crippen molar-refractivity contribution in [2.75, 3.05) is 13.6 Å². The van der Waals surface area contributed by atoms with Crippen LogP contribution in [-0.2, 0) is 0 Å². The smallest absolute Gasteiger partial charge is 0.266 e. The zero-order chi connectivity index (χ0) is 8.43. The number of likely N-dealkylation sites (N-methyl/N-ethyl adjacent to an activating group) is 1. The Balaban J connectivity index is 2.84. The molecule has 1 heterocycles. The van der Waals surface area contributed by atoms with E-state index in [1.54, 1.807) is 18.1 Å². The van der Waals surface area contributed by atoms with Gasteiger partial charge in [-0.1, -0.05) is 11.6 Å². The topological polar surface area (TPSA) is 46.4 Å². The third kappa shape index (κ3) is 1.94. The maximum Gasteiger partial charge on any atom is 0.266 e. The first-order valence-electron chi connectivity index (χ1n) is 3.02. The van der Waals surface area contributed by atoms with E-state index in [4.69, 9.17) is 11.6 Å². The van der Waals surface area contributed by atoms with Gasteiger partial charge in [-0.2, -0.15) is 0 Å². The minimum Gasteiger partial charge on any atom is -0.369 e. The third-order valence-electron chi connectivity index (χ3n) is 1.29. The summed E-state index contributed by atoms with van der Waals surface area (Å²) in [6.45, 7) is 0.309. The highest BCUT2D eigenvalue weighted by atomic mass is 35.5. The van der Waals surface area contributed by atoms with Crippen molar-refractivity contribution in [2.45, 2.75) is 0 Å². The molecule has 0 aromatic heterocycles. The molecule has 0 N–H and O–H groups in total. The Bertz CT molecular complexity index is 247. The molecular weight excluding hydrogens is 168 g/mol. The summed E-state index contributed by atoms with van der Waals surface area (Å²) < 4.78 is 0. The predicted octanol–water partition coefficient (Wildman–Crippen LogP) is 1.17. The van der Waals surface area contributed by atoms with Gasteiger partial charge in [0.05, 0.1) is 9.96 Å². The SMILES string of the molecule is CN1C=C(Cl)C=C([N+](=O)[O-])C1. The van der Waals surface area contributed by atoms with Crippen LogP contribution < -0.4 is 0 Å². The average molecular weight is 175 g/mol. The summed E-state index contributed by atoms with van der Waals surface area (Å²) in [5, 5.41) is 10.7. The Labute approximate surface area is 68.9 Å². The van der Waals surface area contributed by atoms with E-state index in [-0.39, 0.29) is 5.70 Å². The molecule has 0 saturated heterocycles. The monoisotopic (exact) mass is 174 g/mol. The number of nitrogens with zero attached hydrogens (tertiary/aromatic N) is 2. The molecule has 0 radical (unpaired) electrons. The third-order valence-corrected chi connectivity index (χ3v) is 1.50. The lowest BCUT2D eigenvalue weighted by molar-refractivity contribution is -0.427. The molecule has 0 aromatic rings. The van der Waals surface area contributed by atoms with Crippen LogP contribution in [0.3, 0.4) is 0 Å². The molecule has 5 heteroatoms. The van der Waals surface area contributed by atoms with Gasteiger partial charge in [-0.15, -0.1) is 0 Å². The quantitative estimate of drug-likeness (QED) is 0.443. The lowest BCUT2D eigenvalue weighted by Crippen LogP contribution is -2.21. The van der Waals surface area contributed by atoms with E-state index >= 15 is 0 Å². The van der Waals surface area contributed by atoms with Crippen LogP contribution in [0.15, 0.2) is 23.0 Å². The van der Waals surface area contributed by atoms with Crippen LogP contribution in [-0.4, -0.2) is 23.4 Å². The van der Waals surface area contributed by atoms with Gasteiger partial charge in [-0.05, 0) is 0 Å². The molecule has 4 nitrogen and oxygen atoms in total. The molecule has 0 aliphatic carbocycles. The van der Waals surface area contributed by atoms with Crippen LogP contribution in [0.1, 0.15) is 0 Å². The van der Waals surface area contributed by atoms with Crippen LogP contribution in [0.5, 0.6) is 0 Å². The molecule has 0 saturated carbocycles. The Morgan fingerprint density at radius 2 is 2.45 bits per heavy atom. The maximum atomic E-state index is 10.3. The van der Waals surface area contributed by atoms with E-state index in [9.17, 15) is 10.1 Å². The Morgan fingerprint density at radius 3 is 2.91 bits per heavy atom. The maximum absolute atomic E-state index is 10.3. The van der Waals surface area contributed by atoms with Gasteiger partial charge in [-0.3, -0.25) is 10.1 Å². The Hall–Kier alpha value is -1.03. The summed E-state index contributed by atoms with van der Waals surface area (Å²) in [6, 6.07) is 0. The van der Waals surface area contributed by atoms with E-state index in [0.29, 0.717) is 11.6 Å². The summed E-state index contributed by atoms with van der Waals surface area (Å²) in [5.74, 6) is 0. The summed E-state index contributed by atoms with van der Waals surface area (Å²) in [6.07, 6.45) is 3.01. The van der Waals surface area contributed by atoms with Gasteiger partial charge in [0.25, 0.3) is 5.70 Å². The van der Waals surface area contributed by atoms with Gasteiger partial charge in [0, 0.05) is 19.3 Å². The highest BCUT2D eigenvalue weighted by Gasteiger charge is 2.16. The molecule has 0 aromatic carbocycles. The fourth-order valence-corrected chi connectivity index (χ4v) is 1.16. The molecule has 0 spiro atoms. The number of hydrogen-bond acceptors (Lipinski definition) is 3. The van der Waals surface area contributed by atoms with Crippen molar-refractivity contribution in [1.82, 2.24) is 4.90 Å². The lowest BCUT2D eigenvalue weighted by Gasteiger charge is -2.15. The van der Waals surface area contributed by atoms with Crippen molar-refractivity contribution in [1.29, 1.82) is 0 Å². The van der Waals surface area contributed by atoms with Crippen molar-refractivity contribution < 1.29 is 4.92 Å². The molecule has 1 aliphatic heterocycles. The number of rotatable bonds is 1. The van der Waals surface area contributed by atoms with Gasteiger partial charge in [0.15, 0.2) is 0 Å². The van der Waals surface area contributed by atoms with Gasteiger partial charge in [0.1, 0.15) is 6.54 Å².